The van der Waals surface area contributed by atoms with Gasteiger partial charge in [-0.25, -0.2) is 4.98 Å². The van der Waals surface area contributed by atoms with E-state index in [2.05, 4.69) is 11.9 Å². The molecule has 0 atom stereocenters. The van der Waals surface area contributed by atoms with Crippen molar-refractivity contribution < 1.29 is 0 Å². The van der Waals surface area contributed by atoms with Crippen molar-refractivity contribution in [2.75, 3.05) is 5.73 Å². The summed E-state index contributed by atoms with van der Waals surface area (Å²) in [6.45, 7) is 2.07. The first-order chi connectivity index (χ1) is 8.11. The van der Waals surface area contributed by atoms with Crippen LogP contribution in [0.4, 0.5) is 5.82 Å². The summed E-state index contributed by atoms with van der Waals surface area (Å²) in [5.74, 6) is 0.524. The Bertz CT molecular complexity index is 553. The van der Waals surface area contributed by atoms with Gasteiger partial charge in [0, 0.05) is 27.4 Å². The average molecular weight is 267 g/mol. The highest BCUT2D eigenvalue weighted by Crippen LogP contribution is 2.32. The molecule has 1 heterocycles. The second-order valence-electron chi connectivity index (χ2n) is 3.74. The maximum atomic E-state index is 6.19. The van der Waals surface area contributed by atoms with Crippen molar-refractivity contribution in [3.05, 3.63) is 46.1 Å². The zero-order chi connectivity index (χ0) is 12.4. The van der Waals surface area contributed by atoms with Crippen LogP contribution >= 0.6 is 23.2 Å². The number of halogens is 2. The van der Waals surface area contributed by atoms with Crippen LogP contribution in [0, 0.1) is 0 Å². The van der Waals surface area contributed by atoms with E-state index in [1.807, 2.05) is 18.2 Å². The fourth-order valence-corrected chi connectivity index (χ4v) is 2.27. The minimum atomic E-state index is 0.524. The second-order valence-corrected chi connectivity index (χ2v) is 4.59. The third-order valence-electron chi connectivity index (χ3n) is 2.61. The molecule has 0 unspecified atom stereocenters. The lowest BCUT2D eigenvalue weighted by Gasteiger charge is -2.10. The third kappa shape index (κ3) is 2.54. The standard InChI is InChI=1S/C13H12Cl2N2/c1-2-8-5-13(16)17-7-11(8)10-4-3-9(14)6-12(10)15/h3-7H,2H2,1H3,(H2,16,17). The predicted octanol–water partition coefficient (Wildman–Crippen LogP) is 4.20. The van der Waals surface area contributed by atoms with Crippen molar-refractivity contribution in [2.45, 2.75) is 13.3 Å². The van der Waals surface area contributed by atoms with E-state index in [0.717, 1.165) is 23.1 Å². The number of rotatable bonds is 2. The molecule has 0 aliphatic heterocycles. The van der Waals surface area contributed by atoms with Gasteiger partial charge in [0.1, 0.15) is 5.82 Å². The minimum absolute atomic E-state index is 0.524. The normalized spacial score (nSPS) is 10.5. The summed E-state index contributed by atoms with van der Waals surface area (Å²) >= 11 is 12.1. The summed E-state index contributed by atoms with van der Waals surface area (Å²) < 4.78 is 0. The molecule has 0 saturated carbocycles. The first kappa shape index (κ1) is 12.2. The number of hydrogen-bond acceptors (Lipinski definition) is 2. The number of pyridine rings is 1. The highest BCUT2D eigenvalue weighted by Gasteiger charge is 2.09. The van der Waals surface area contributed by atoms with Crippen molar-refractivity contribution >= 4 is 29.0 Å². The molecule has 1 aromatic heterocycles. The number of aryl methyl sites for hydroxylation is 1. The summed E-state index contributed by atoms with van der Waals surface area (Å²) in [5.41, 5.74) is 8.74. The van der Waals surface area contributed by atoms with Crippen LogP contribution in [0.3, 0.4) is 0 Å². The van der Waals surface area contributed by atoms with E-state index in [9.17, 15) is 0 Å². The van der Waals surface area contributed by atoms with Crippen LogP contribution in [0.15, 0.2) is 30.5 Å². The molecule has 17 heavy (non-hydrogen) atoms. The van der Waals surface area contributed by atoms with Gasteiger partial charge >= 0.3 is 0 Å². The first-order valence-electron chi connectivity index (χ1n) is 5.31. The number of benzene rings is 1. The van der Waals surface area contributed by atoms with Gasteiger partial charge in [-0.1, -0.05) is 36.2 Å². The third-order valence-corrected chi connectivity index (χ3v) is 3.16. The second kappa shape index (κ2) is 4.94. The molecule has 4 heteroatoms. The maximum absolute atomic E-state index is 6.19. The summed E-state index contributed by atoms with van der Waals surface area (Å²) in [6, 6.07) is 7.32. The Labute approximate surface area is 110 Å². The van der Waals surface area contributed by atoms with E-state index in [-0.39, 0.29) is 0 Å². The molecule has 0 bridgehead atoms. The van der Waals surface area contributed by atoms with Crippen LogP contribution in [0.25, 0.3) is 11.1 Å². The zero-order valence-corrected chi connectivity index (χ0v) is 10.9. The van der Waals surface area contributed by atoms with Gasteiger partial charge in [-0.15, -0.1) is 0 Å². The molecule has 0 fully saturated rings. The highest BCUT2D eigenvalue weighted by atomic mass is 35.5. The van der Waals surface area contributed by atoms with Crippen molar-refractivity contribution in [3.63, 3.8) is 0 Å². The van der Waals surface area contributed by atoms with Crippen LogP contribution in [-0.4, -0.2) is 4.98 Å². The zero-order valence-electron chi connectivity index (χ0n) is 9.37. The van der Waals surface area contributed by atoms with Crippen LogP contribution in [-0.2, 0) is 6.42 Å². The Balaban J connectivity index is 2.60. The minimum Gasteiger partial charge on any atom is -0.384 e. The Morgan fingerprint density at radius 1 is 1.18 bits per heavy atom. The Hall–Kier alpha value is -1.25. The van der Waals surface area contributed by atoms with Crippen molar-refractivity contribution in [3.8, 4) is 11.1 Å². The predicted molar refractivity (Wildman–Crippen MR) is 73.5 cm³/mol. The monoisotopic (exact) mass is 266 g/mol. The lowest BCUT2D eigenvalue weighted by molar-refractivity contribution is 1.12. The fourth-order valence-electron chi connectivity index (χ4n) is 1.76. The Morgan fingerprint density at radius 2 is 1.94 bits per heavy atom. The molecule has 2 N–H and O–H groups in total. The Morgan fingerprint density at radius 3 is 2.59 bits per heavy atom. The number of nitrogens with two attached hydrogens (primary N) is 1. The van der Waals surface area contributed by atoms with Gasteiger partial charge in [0.15, 0.2) is 0 Å². The largest absolute Gasteiger partial charge is 0.384 e. The van der Waals surface area contributed by atoms with Gasteiger partial charge in [0.05, 0.1) is 0 Å². The fraction of sp³-hybridized carbons (Fsp3) is 0.154. The van der Waals surface area contributed by atoms with E-state index < -0.39 is 0 Å². The average Bonchev–Trinajstić information content (AvgIpc) is 2.30. The number of nitrogens with zero attached hydrogens (tertiary/aromatic N) is 1. The van der Waals surface area contributed by atoms with Gasteiger partial charge in [-0.3, -0.25) is 0 Å². The molecular formula is C13H12Cl2N2. The number of nitrogen functional groups attached to an aromatic ring is 1. The van der Waals surface area contributed by atoms with Crippen molar-refractivity contribution in [2.24, 2.45) is 0 Å². The lowest BCUT2D eigenvalue weighted by Crippen LogP contribution is -1.95. The van der Waals surface area contributed by atoms with E-state index in [1.54, 1.807) is 12.3 Å². The van der Waals surface area contributed by atoms with E-state index >= 15 is 0 Å². The summed E-state index contributed by atoms with van der Waals surface area (Å²) in [5, 5.41) is 1.25. The molecule has 1 aromatic carbocycles. The van der Waals surface area contributed by atoms with Crippen molar-refractivity contribution in [1.82, 2.24) is 4.98 Å². The molecule has 0 radical (unpaired) electrons. The van der Waals surface area contributed by atoms with Gasteiger partial charge in [-0.05, 0) is 30.2 Å². The SMILES string of the molecule is CCc1cc(N)ncc1-c1ccc(Cl)cc1Cl. The van der Waals surface area contributed by atoms with Gasteiger partial charge in [0.25, 0.3) is 0 Å². The lowest BCUT2D eigenvalue weighted by atomic mass is 10.0. The molecule has 2 rings (SSSR count). The van der Waals surface area contributed by atoms with Crippen LogP contribution in [0.2, 0.25) is 10.0 Å². The molecule has 0 amide bonds. The molecule has 2 aromatic rings. The molecule has 0 saturated heterocycles. The number of hydrogen-bond donors (Lipinski definition) is 1. The van der Waals surface area contributed by atoms with Gasteiger partial charge in [0.2, 0.25) is 0 Å². The molecule has 0 aliphatic rings. The maximum Gasteiger partial charge on any atom is 0.123 e. The molecule has 88 valence electrons. The highest BCUT2D eigenvalue weighted by molar-refractivity contribution is 6.36. The van der Waals surface area contributed by atoms with Gasteiger partial charge in [-0.2, -0.15) is 0 Å². The van der Waals surface area contributed by atoms with Crippen LogP contribution < -0.4 is 5.73 Å². The summed E-state index contributed by atoms with van der Waals surface area (Å²) in [4.78, 5) is 4.11. The van der Waals surface area contributed by atoms with Crippen LogP contribution in [0.5, 0.6) is 0 Å². The summed E-state index contributed by atoms with van der Waals surface area (Å²) in [6.07, 6.45) is 2.63. The Kier molecular flexibility index (Phi) is 3.55. The number of anilines is 1. The van der Waals surface area contributed by atoms with E-state index in [1.165, 1.54) is 0 Å². The molecule has 0 spiro atoms. The smallest absolute Gasteiger partial charge is 0.123 e. The first-order valence-corrected chi connectivity index (χ1v) is 6.07. The van der Waals surface area contributed by atoms with Crippen molar-refractivity contribution in [1.29, 1.82) is 0 Å². The molecule has 2 nitrogen and oxygen atoms in total. The van der Waals surface area contributed by atoms with E-state index in [0.29, 0.717) is 15.9 Å². The summed E-state index contributed by atoms with van der Waals surface area (Å²) in [7, 11) is 0. The topological polar surface area (TPSA) is 38.9 Å². The van der Waals surface area contributed by atoms with E-state index in [4.69, 9.17) is 28.9 Å². The molecular weight excluding hydrogens is 255 g/mol. The van der Waals surface area contributed by atoms with Gasteiger partial charge < -0.3 is 5.73 Å². The quantitative estimate of drug-likeness (QED) is 0.885. The van der Waals surface area contributed by atoms with Crippen LogP contribution in [0.1, 0.15) is 12.5 Å². The molecule has 0 aliphatic carbocycles. The number of aromatic nitrogens is 1.